The number of fused-ring (bicyclic) bond motifs is 10. The summed E-state index contributed by atoms with van der Waals surface area (Å²) in [6.45, 7) is 0. The van der Waals surface area contributed by atoms with Crippen LogP contribution < -0.4 is 0 Å². The van der Waals surface area contributed by atoms with Crippen LogP contribution in [-0.4, -0.2) is 9.38 Å². The van der Waals surface area contributed by atoms with Crippen molar-refractivity contribution in [3.63, 3.8) is 0 Å². The molecule has 0 atom stereocenters. The number of hydrogen-bond acceptors (Lipinski definition) is 2. The molecule has 148 valence electrons. The van der Waals surface area contributed by atoms with E-state index in [4.69, 9.17) is 4.42 Å². The molecule has 0 amide bonds. The zero-order valence-corrected chi connectivity index (χ0v) is 17.0. The highest BCUT2D eigenvalue weighted by Gasteiger charge is 2.21. The van der Waals surface area contributed by atoms with E-state index in [0.717, 1.165) is 22.4 Å². The summed E-state index contributed by atoms with van der Waals surface area (Å²) in [6.07, 6.45) is 1.85. The number of para-hydroxylation sites is 2. The third kappa shape index (κ3) is 1.89. The molecule has 0 aliphatic carbocycles. The average molecular weight is 408 g/mol. The molecule has 4 aromatic carbocycles. The molecule has 0 fully saturated rings. The fourth-order valence-electron chi connectivity index (χ4n) is 5.48. The minimum Gasteiger partial charge on any atom is -0.456 e. The third-order valence-corrected chi connectivity index (χ3v) is 6.78. The van der Waals surface area contributed by atoms with Crippen LogP contribution in [-0.2, 0) is 0 Å². The van der Waals surface area contributed by atoms with Crippen LogP contribution in [0.4, 0.5) is 0 Å². The summed E-state index contributed by atoms with van der Waals surface area (Å²) in [6, 6.07) is 32.0. The van der Waals surface area contributed by atoms with Gasteiger partial charge in [0.2, 0.25) is 0 Å². The van der Waals surface area contributed by atoms with E-state index >= 15 is 0 Å². The number of pyridine rings is 1. The van der Waals surface area contributed by atoms with Crippen LogP contribution >= 0.6 is 0 Å². The molecule has 8 aromatic rings. The van der Waals surface area contributed by atoms with Crippen molar-refractivity contribution in [2.75, 3.05) is 0 Å². The smallest absolute Gasteiger partial charge is 0.136 e. The fraction of sp³-hybridized carbons (Fsp3) is 0. The molecule has 3 nitrogen and oxygen atoms in total. The van der Waals surface area contributed by atoms with E-state index in [-0.39, 0.29) is 0 Å². The Hall–Kier alpha value is -4.37. The van der Waals surface area contributed by atoms with Gasteiger partial charge in [0.1, 0.15) is 11.2 Å². The van der Waals surface area contributed by atoms with E-state index < -0.39 is 0 Å². The summed E-state index contributed by atoms with van der Waals surface area (Å²) in [4.78, 5) is 4.55. The topological polar surface area (TPSA) is 30.4 Å². The van der Waals surface area contributed by atoms with Gasteiger partial charge < -0.3 is 8.82 Å². The summed E-state index contributed by atoms with van der Waals surface area (Å²) in [5.41, 5.74) is 7.72. The Labute approximate surface area is 182 Å². The van der Waals surface area contributed by atoms with Crippen LogP contribution in [0.3, 0.4) is 0 Å². The van der Waals surface area contributed by atoms with E-state index in [9.17, 15) is 0 Å². The van der Waals surface area contributed by atoms with E-state index in [1.807, 2.05) is 30.5 Å². The lowest BCUT2D eigenvalue weighted by Crippen LogP contribution is -1.84. The van der Waals surface area contributed by atoms with Gasteiger partial charge in [0, 0.05) is 44.1 Å². The van der Waals surface area contributed by atoms with Gasteiger partial charge in [0.15, 0.2) is 0 Å². The zero-order valence-electron chi connectivity index (χ0n) is 17.0. The van der Waals surface area contributed by atoms with Gasteiger partial charge in [-0.3, -0.25) is 4.98 Å². The Morgan fingerprint density at radius 2 is 1.44 bits per heavy atom. The van der Waals surface area contributed by atoms with Gasteiger partial charge in [-0.2, -0.15) is 0 Å². The number of furan rings is 1. The minimum absolute atomic E-state index is 0.935. The molecule has 0 N–H and O–H groups in total. The Morgan fingerprint density at radius 3 is 2.38 bits per heavy atom. The number of rotatable bonds is 1. The highest BCUT2D eigenvalue weighted by atomic mass is 16.3. The second kappa shape index (κ2) is 5.65. The third-order valence-electron chi connectivity index (χ3n) is 6.78. The summed E-state index contributed by atoms with van der Waals surface area (Å²) in [7, 11) is 0. The standard InChI is InChI=1S/C29H16N2O/c1-2-10-25-19(6-1)28-26(32-25)14-13-24-27(28)20-8-5-7-18-21-16-17(22-9-3-4-15-30-22)11-12-23(21)31(24)29(18)20/h1-16H. The molecule has 0 aliphatic heterocycles. The predicted octanol–water partition coefficient (Wildman–Crippen LogP) is 7.80. The van der Waals surface area contributed by atoms with Crippen molar-refractivity contribution in [2.45, 2.75) is 0 Å². The van der Waals surface area contributed by atoms with Gasteiger partial charge in [0.25, 0.3) is 0 Å². The molecule has 0 bridgehead atoms. The van der Waals surface area contributed by atoms with Crippen LogP contribution in [0, 0.1) is 0 Å². The molecule has 32 heavy (non-hydrogen) atoms. The lowest BCUT2D eigenvalue weighted by atomic mass is 10.0. The van der Waals surface area contributed by atoms with Crippen molar-refractivity contribution in [1.29, 1.82) is 0 Å². The molecule has 4 aromatic heterocycles. The monoisotopic (exact) mass is 408 g/mol. The number of benzene rings is 4. The summed E-state index contributed by atoms with van der Waals surface area (Å²) in [5.74, 6) is 0. The Kier molecular flexibility index (Phi) is 2.89. The molecule has 0 spiro atoms. The Morgan fingerprint density at radius 1 is 0.594 bits per heavy atom. The fourth-order valence-corrected chi connectivity index (χ4v) is 5.48. The molecule has 0 unspecified atom stereocenters. The first-order valence-electron chi connectivity index (χ1n) is 10.8. The van der Waals surface area contributed by atoms with E-state index in [0.29, 0.717) is 0 Å². The quantitative estimate of drug-likeness (QED) is 0.277. The second-order valence-corrected chi connectivity index (χ2v) is 8.42. The molecule has 0 aliphatic rings. The molecule has 4 heterocycles. The minimum atomic E-state index is 0.935. The van der Waals surface area contributed by atoms with Crippen LogP contribution in [0.1, 0.15) is 0 Å². The Balaban J connectivity index is 1.59. The van der Waals surface area contributed by atoms with Gasteiger partial charge in [0.05, 0.1) is 22.2 Å². The van der Waals surface area contributed by atoms with Gasteiger partial charge in [-0.05, 0) is 42.5 Å². The molecular weight excluding hydrogens is 392 g/mol. The number of hydrogen-bond donors (Lipinski definition) is 0. The molecule has 3 heteroatoms. The first-order valence-corrected chi connectivity index (χ1v) is 10.8. The van der Waals surface area contributed by atoms with Crippen molar-refractivity contribution >= 4 is 60.0 Å². The summed E-state index contributed by atoms with van der Waals surface area (Å²) in [5, 5.41) is 7.44. The lowest BCUT2D eigenvalue weighted by molar-refractivity contribution is 0.669. The highest BCUT2D eigenvalue weighted by Crippen LogP contribution is 2.44. The zero-order chi connectivity index (χ0) is 20.8. The van der Waals surface area contributed by atoms with Gasteiger partial charge >= 0.3 is 0 Å². The summed E-state index contributed by atoms with van der Waals surface area (Å²) < 4.78 is 8.60. The number of nitrogens with zero attached hydrogens (tertiary/aromatic N) is 2. The van der Waals surface area contributed by atoms with Crippen LogP contribution in [0.5, 0.6) is 0 Å². The van der Waals surface area contributed by atoms with Gasteiger partial charge in [-0.25, -0.2) is 0 Å². The van der Waals surface area contributed by atoms with Gasteiger partial charge in [-0.1, -0.05) is 48.5 Å². The molecule has 0 radical (unpaired) electrons. The number of aromatic nitrogens is 2. The maximum Gasteiger partial charge on any atom is 0.136 e. The Bertz CT molecular complexity index is 1980. The predicted molar refractivity (Wildman–Crippen MR) is 132 cm³/mol. The normalized spacial score (nSPS) is 12.4. The van der Waals surface area contributed by atoms with Gasteiger partial charge in [-0.15, -0.1) is 0 Å². The highest BCUT2D eigenvalue weighted by molar-refractivity contribution is 6.32. The molecule has 0 saturated carbocycles. The first kappa shape index (κ1) is 16.3. The van der Waals surface area contributed by atoms with Crippen molar-refractivity contribution in [2.24, 2.45) is 0 Å². The lowest BCUT2D eigenvalue weighted by Gasteiger charge is -2.03. The van der Waals surface area contributed by atoms with Crippen molar-refractivity contribution in [3.05, 3.63) is 97.2 Å². The second-order valence-electron chi connectivity index (χ2n) is 8.42. The molecule has 0 saturated heterocycles. The van der Waals surface area contributed by atoms with Crippen molar-refractivity contribution in [1.82, 2.24) is 9.38 Å². The van der Waals surface area contributed by atoms with E-state index in [2.05, 4.69) is 76.1 Å². The summed E-state index contributed by atoms with van der Waals surface area (Å²) >= 11 is 0. The largest absolute Gasteiger partial charge is 0.456 e. The van der Waals surface area contributed by atoms with Crippen LogP contribution in [0.25, 0.3) is 71.3 Å². The maximum atomic E-state index is 6.18. The van der Waals surface area contributed by atoms with Crippen LogP contribution in [0.15, 0.2) is 102 Å². The SMILES string of the molecule is c1ccc(-c2ccc3c(c2)c2cccc4c5c6c(ccc5n3c24)oc2ccccc26)nc1. The van der Waals surface area contributed by atoms with Crippen molar-refractivity contribution < 1.29 is 4.42 Å². The van der Waals surface area contributed by atoms with E-state index in [1.165, 1.54) is 48.9 Å². The molecular formula is C29H16N2O. The average Bonchev–Trinajstić information content (AvgIpc) is 3.50. The molecule has 8 rings (SSSR count). The first-order chi connectivity index (χ1) is 15.9. The maximum absolute atomic E-state index is 6.18. The van der Waals surface area contributed by atoms with Crippen molar-refractivity contribution in [3.8, 4) is 11.3 Å². The van der Waals surface area contributed by atoms with Crippen LogP contribution in [0.2, 0.25) is 0 Å². The van der Waals surface area contributed by atoms with E-state index in [1.54, 1.807) is 0 Å².